The summed E-state index contributed by atoms with van der Waals surface area (Å²) in [4.78, 5) is 4.72. The van der Waals surface area contributed by atoms with Gasteiger partial charge in [-0.05, 0) is 23.3 Å². The number of hydrogen-bond acceptors (Lipinski definition) is 5. The van der Waals surface area contributed by atoms with Crippen LogP contribution < -0.4 is 4.74 Å². The van der Waals surface area contributed by atoms with Crippen molar-refractivity contribution in [3.05, 3.63) is 113 Å². The van der Waals surface area contributed by atoms with Crippen molar-refractivity contribution in [2.75, 3.05) is 19.6 Å². The molecule has 190 valence electrons. The zero-order chi connectivity index (χ0) is 25.5. The smallest absolute Gasteiger partial charge is 0.282 e. The molecule has 0 aliphatic carbocycles. The van der Waals surface area contributed by atoms with Crippen LogP contribution >= 0.6 is 11.6 Å². The first kappa shape index (κ1) is 24.1. The molecule has 1 aromatic heterocycles. The molecule has 0 radical (unpaired) electrons. The van der Waals surface area contributed by atoms with E-state index in [1.54, 1.807) is 6.07 Å². The van der Waals surface area contributed by atoms with E-state index in [2.05, 4.69) is 5.16 Å². The quantitative estimate of drug-likeness (QED) is 0.333. The zero-order valence-electron chi connectivity index (χ0n) is 20.3. The highest BCUT2D eigenvalue weighted by atomic mass is 35.5. The number of rotatable bonds is 7. The standard InChI is InChI=1S/C29H28ClFN3O3/c30-24-12-11-23(17-25(24)31)36-26-18-34(15-13-20(26)14-16-34)19-27-32-28(33-37-27)29(35,21-7-3-1-4-8-21)22-9-5-2-6-10-22/h1-12,17,20,26,35H,13-16,18-19H2/q+1/t20?,26-,34?/m0/s1. The fraction of sp³-hybridized carbons (Fsp3) is 0.310. The molecule has 3 saturated heterocycles. The molecule has 0 saturated carbocycles. The van der Waals surface area contributed by atoms with Crippen LogP contribution in [0.3, 0.4) is 0 Å². The van der Waals surface area contributed by atoms with Crippen molar-refractivity contribution in [1.29, 1.82) is 0 Å². The first-order valence-corrected chi connectivity index (χ1v) is 13.0. The van der Waals surface area contributed by atoms with Crippen molar-refractivity contribution in [3.8, 4) is 5.75 Å². The van der Waals surface area contributed by atoms with E-state index in [4.69, 9.17) is 25.8 Å². The highest BCUT2D eigenvalue weighted by Gasteiger charge is 2.48. The average molecular weight is 521 g/mol. The largest absolute Gasteiger partial charge is 0.484 e. The van der Waals surface area contributed by atoms with Crippen LogP contribution in [-0.2, 0) is 12.1 Å². The maximum absolute atomic E-state index is 14.0. The van der Waals surface area contributed by atoms with Crippen molar-refractivity contribution >= 4 is 11.6 Å². The van der Waals surface area contributed by atoms with Gasteiger partial charge in [0.05, 0.1) is 18.1 Å². The molecule has 3 aromatic carbocycles. The van der Waals surface area contributed by atoms with Gasteiger partial charge in [-0.2, -0.15) is 4.98 Å². The SMILES string of the molecule is OC(c1ccccc1)(c1ccccc1)c1noc(C[N+]23CCC(CC2)[C@@H](Oc2ccc(Cl)c(F)c2)C3)n1. The second-order valence-corrected chi connectivity index (χ2v) is 10.6. The van der Waals surface area contributed by atoms with Crippen LogP contribution in [0.1, 0.15) is 35.7 Å². The molecule has 6 nitrogen and oxygen atoms in total. The second kappa shape index (κ2) is 9.56. The van der Waals surface area contributed by atoms with Crippen molar-refractivity contribution in [2.24, 2.45) is 5.92 Å². The third-order valence-electron chi connectivity index (χ3n) is 7.87. The van der Waals surface area contributed by atoms with Gasteiger partial charge in [0.2, 0.25) is 5.82 Å². The van der Waals surface area contributed by atoms with E-state index in [0.717, 1.165) is 37.0 Å². The molecule has 3 aliphatic heterocycles. The summed E-state index contributed by atoms with van der Waals surface area (Å²) < 4.78 is 26.7. The summed E-state index contributed by atoms with van der Waals surface area (Å²) in [5.74, 6) is 1.14. The van der Waals surface area contributed by atoms with E-state index in [0.29, 0.717) is 35.2 Å². The predicted molar refractivity (Wildman–Crippen MR) is 136 cm³/mol. The van der Waals surface area contributed by atoms with Gasteiger partial charge in [0.25, 0.3) is 5.89 Å². The van der Waals surface area contributed by atoms with Gasteiger partial charge < -0.3 is 18.8 Å². The average Bonchev–Trinajstić information content (AvgIpc) is 3.40. The number of aromatic nitrogens is 2. The lowest BCUT2D eigenvalue weighted by Crippen LogP contribution is -2.64. The monoisotopic (exact) mass is 520 g/mol. The molecule has 0 amide bonds. The fourth-order valence-electron chi connectivity index (χ4n) is 5.84. The summed E-state index contributed by atoms with van der Waals surface area (Å²) in [6.07, 6.45) is 2.00. The Bertz CT molecular complexity index is 1330. The van der Waals surface area contributed by atoms with Gasteiger partial charge in [0.1, 0.15) is 18.1 Å². The molecule has 37 heavy (non-hydrogen) atoms. The van der Waals surface area contributed by atoms with Gasteiger partial charge in [0, 0.05) is 24.8 Å². The van der Waals surface area contributed by atoms with Gasteiger partial charge in [-0.3, -0.25) is 0 Å². The highest BCUT2D eigenvalue weighted by molar-refractivity contribution is 6.30. The van der Waals surface area contributed by atoms with Crippen LogP contribution in [0.25, 0.3) is 0 Å². The van der Waals surface area contributed by atoms with Gasteiger partial charge in [-0.1, -0.05) is 77.4 Å². The van der Waals surface area contributed by atoms with Crippen LogP contribution in [0.4, 0.5) is 4.39 Å². The van der Waals surface area contributed by atoms with E-state index in [1.165, 1.54) is 12.1 Å². The first-order valence-electron chi connectivity index (χ1n) is 12.6. The molecule has 3 aliphatic rings. The highest BCUT2D eigenvalue weighted by Crippen LogP contribution is 2.39. The first-order chi connectivity index (χ1) is 18.0. The minimum Gasteiger partial charge on any atom is -0.484 e. The summed E-state index contributed by atoms with van der Waals surface area (Å²) in [5.41, 5.74) is -0.199. The Morgan fingerprint density at radius 1 is 1.00 bits per heavy atom. The lowest BCUT2D eigenvalue weighted by atomic mass is 9.83. The Morgan fingerprint density at radius 2 is 1.65 bits per heavy atom. The van der Waals surface area contributed by atoms with Crippen molar-refractivity contribution < 1.29 is 23.2 Å². The number of ether oxygens (including phenoxy) is 1. The van der Waals surface area contributed by atoms with E-state index in [1.807, 2.05) is 60.7 Å². The minimum atomic E-state index is -1.54. The van der Waals surface area contributed by atoms with Crippen molar-refractivity contribution in [1.82, 2.24) is 10.1 Å². The molecule has 1 atom stereocenters. The van der Waals surface area contributed by atoms with E-state index < -0.39 is 11.4 Å². The number of nitrogens with zero attached hydrogens (tertiary/aromatic N) is 3. The molecule has 3 fully saturated rings. The van der Waals surface area contributed by atoms with Gasteiger partial charge >= 0.3 is 0 Å². The van der Waals surface area contributed by atoms with Crippen LogP contribution in [0.5, 0.6) is 5.75 Å². The lowest BCUT2D eigenvalue weighted by Gasteiger charge is -2.51. The molecule has 1 N–H and O–H groups in total. The van der Waals surface area contributed by atoms with Crippen molar-refractivity contribution in [3.63, 3.8) is 0 Å². The fourth-order valence-corrected chi connectivity index (χ4v) is 5.96. The summed E-state index contributed by atoms with van der Waals surface area (Å²) in [6.45, 7) is 3.29. The number of aliphatic hydroxyl groups is 1. The summed E-state index contributed by atoms with van der Waals surface area (Å²) in [5, 5.41) is 16.3. The topological polar surface area (TPSA) is 68.4 Å². The maximum atomic E-state index is 14.0. The molecule has 2 bridgehead atoms. The third-order valence-corrected chi connectivity index (χ3v) is 8.17. The number of hydrogen-bond donors (Lipinski definition) is 1. The predicted octanol–water partition coefficient (Wildman–Crippen LogP) is 5.33. The van der Waals surface area contributed by atoms with Crippen molar-refractivity contribution in [2.45, 2.75) is 31.1 Å². The number of halogens is 2. The zero-order valence-corrected chi connectivity index (χ0v) is 21.0. The Morgan fingerprint density at radius 3 is 2.27 bits per heavy atom. The van der Waals surface area contributed by atoms with Crippen LogP contribution in [0, 0.1) is 11.7 Å². The van der Waals surface area contributed by atoms with Gasteiger partial charge in [-0.15, -0.1) is 0 Å². The molecule has 0 spiro atoms. The Balaban J connectivity index is 1.25. The van der Waals surface area contributed by atoms with E-state index >= 15 is 0 Å². The Labute approximate surface area is 219 Å². The van der Waals surface area contributed by atoms with E-state index in [-0.39, 0.29) is 17.0 Å². The van der Waals surface area contributed by atoms with Crippen LogP contribution in [0.2, 0.25) is 5.02 Å². The number of benzene rings is 3. The second-order valence-electron chi connectivity index (χ2n) is 10.2. The summed E-state index contributed by atoms with van der Waals surface area (Å²) in [7, 11) is 0. The summed E-state index contributed by atoms with van der Waals surface area (Å²) >= 11 is 5.84. The Hall–Kier alpha value is -3.26. The van der Waals surface area contributed by atoms with Crippen LogP contribution in [-0.4, -0.2) is 45.5 Å². The molecular formula is C29H28ClFN3O3+. The van der Waals surface area contributed by atoms with Crippen LogP contribution in [0.15, 0.2) is 83.4 Å². The Kier molecular flexibility index (Phi) is 6.23. The van der Waals surface area contributed by atoms with Gasteiger partial charge in [-0.25, -0.2) is 4.39 Å². The molecule has 7 rings (SSSR count). The third kappa shape index (κ3) is 4.52. The van der Waals surface area contributed by atoms with E-state index in [9.17, 15) is 9.50 Å². The molecule has 8 heteroatoms. The maximum Gasteiger partial charge on any atom is 0.282 e. The normalized spacial score (nSPS) is 23.2. The number of piperidine rings is 3. The lowest BCUT2D eigenvalue weighted by molar-refractivity contribution is -0.959. The molecule has 0 unspecified atom stereocenters. The molecule has 4 aromatic rings. The molecule has 4 heterocycles. The number of quaternary nitrogens is 1. The molecular weight excluding hydrogens is 493 g/mol. The summed E-state index contributed by atoms with van der Waals surface area (Å²) in [6, 6.07) is 23.4. The van der Waals surface area contributed by atoms with Gasteiger partial charge in [0.15, 0.2) is 18.2 Å². The minimum absolute atomic E-state index is 0.0314. The number of fused-ring (bicyclic) bond motifs is 3.